The van der Waals surface area contributed by atoms with E-state index in [9.17, 15) is 4.79 Å². The number of ether oxygens (including phenoxy) is 1. The molecule has 2 N–H and O–H groups in total. The topological polar surface area (TPSA) is 92.3 Å². The van der Waals surface area contributed by atoms with Gasteiger partial charge >= 0.3 is 6.09 Å². The third-order valence-electron chi connectivity index (χ3n) is 4.38. The molecule has 3 rings (SSSR count). The van der Waals surface area contributed by atoms with Gasteiger partial charge in [-0.3, -0.25) is 4.98 Å². The number of aromatic nitrogens is 3. The Bertz CT molecular complexity index is 747. The van der Waals surface area contributed by atoms with E-state index in [2.05, 4.69) is 25.6 Å². The highest BCUT2D eigenvalue weighted by atomic mass is 16.6. The van der Waals surface area contributed by atoms with Gasteiger partial charge in [-0.15, -0.1) is 0 Å². The summed E-state index contributed by atoms with van der Waals surface area (Å²) in [4.78, 5) is 26.8. The van der Waals surface area contributed by atoms with Gasteiger partial charge in [-0.05, 0) is 38.8 Å². The Labute approximate surface area is 159 Å². The smallest absolute Gasteiger partial charge is 0.409 e. The van der Waals surface area contributed by atoms with Gasteiger partial charge in [-0.1, -0.05) is 6.07 Å². The van der Waals surface area contributed by atoms with Gasteiger partial charge in [-0.2, -0.15) is 4.98 Å². The molecule has 0 aliphatic carbocycles. The van der Waals surface area contributed by atoms with Gasteiger partial charge in [0.25, 0.3) is 0 Å². The van der Waals surface area contributed by atoms with Crippen LogP contribution in [0.4, 0.5) is 16.6 Å². The number of hydrogen-bond donors (Lipinski definition) is 2. The number of likely N-dealkylation sites (tertiary alicyclic amines) is 1. The predicted octanol–water partition coefficient (Wildman–Crippen LogP) is 2.82. The zero-order valence-corrected chi connectivity index (χ0v) is 15.8. The summed E-state index contributed by atoms with van der Waals surface area (Å²) in [6.07, 6.45) is 3.26. The van der Waals surface area contributed by atoms with Crippen LogP contribution in [0.25, 0.3) is 0 Å². The number of carbonyl (C=O) groups is 1. The third kappa shape index (κ3) is 5.54. The quantitative estimate of drug-likeness (QED) is 0.808. The number of nitrogens with one attached hydrogen (secondary N) is 2. The van der Waals surface area contributed by atoms with E-state index >= 15 is 0 Å². The first-order valence-corrected chi connectivity index (χ1v) is 9.31. The molecule has 27 heavy (non-hydrogen) atoms. The molecule has 2 aromatic rings. The number of aryl methyl sites for hydroxylation is 1. The second-order valence-corrected chi connectivity index (χ2v) is 6.50. The lowest BCUT2D eigenvalue weighted by Crippen LogP contribution is -2.42. The fraction of sp³-hybridized carbons (Fsp3) is 0.474. The second-order valence-electron chi connectivity index (χ2n) is 6.50. The molecule has 0 radical (unpaired) electrons. The van der Waals surface area contributed by atoms with Crippen LogP contribution in [0.3, 0.4) is 0 Å². The van der Waals surface area contributed by atoms with E-state index in [4.69, 9.17) is 4.74 Å². The highest BCUT2D eigenvalue weighted by Crippen LogP contribution is 2.18. The molecule has 1 fully saturated rings. The molecule has 3 heterocycles. The summed E-state index contributed by atoms with van der Waals surface area (Å²) in [5.74, 6) is 1.37. The monoisotopic (exact) mass is 370 g/mol. The van der Waals surface area contributed by atoms with E-state index in [-0.39, 0.29) is 12.1 Å². The van der Waals surface area contributed by atoms with Crippen molar-refractivity contribution in [2.45, 2.75) is 39.3 Å². The molecular weight excluding hydrogens is 344 g/mol. The van der Waals surface area contributed by atoms with Gasteiger partial charge < -0.3 is 20.3 Å². The highest BCUT2D eigenvalue weighted by Gasteiger charge is 2.23. The normalized spacial score (nSPS) is 14.7. The van der Waals surface area contributed by atoms with Crippen LogP contribution in [-0.4, -0.2) is 51.7 Å². The van der Waals surface area contributed by atoms with E-state index in [0.717, 1.165) is 30.0 Å². The number of rotatable bonds is 6. The Kier molecular flexibility index (Phi) is 6.40. The van der Waals surface area contributed by atoms with Gasteiger partial charge in [0, 0.05) is 37.1 Å². The number of anilines is 2. The molecule has 0 bridgehead atoms. The van der Waals surface area contributed by atoms with E-state index in [1.54, 1.807) is 11.1 Å². The average molecular weight is 370 g/mol. The van der Waals surface area contributed by atoms with Gasteiger partial charge in [0.2, 0.25) is 5.95 Å². The first-order valence-electron chi connectivity index (χ1n) is 9.31. The average Bonchev–Trinajstić information content (AvgIpc) is 2.67. The first-order chi connectivity index (χ1) is 13.1. The van der Waals surface area contributed by atoms with Crippen molar-refractivity contribution in [3.8, 4) is 0 Å². The molecule has 1 saturated heterocycles. The van der Waals surface area contributed by atoms with Crippen molar-refractivity contribution < 1.29 is 9.53 Å². The highest BCUT2D eigenvalue weighted by molar-refractivity contribution is 5.67. The number of pyridine rings is 1. The summed E-state index contributed by atoms with van der Waals surface area (Å²) in [6.45, 7) is 6.12. The van der Waals surface area contributed by atoms with Crippen molar-refractivity contribution in [3.05, 3.63) is 41.9 Å². The van der Waals surface area contributed by atoms with Crippen LogP contribution >= 0.6 is 0 Å². The molecule has 0 unspecified atom stereocenters. The maximum Gasteiger partial charge on any atom is 0.409 e. The molecular formula is C19H26N6O2. The summed E-state index contributed by atoms with van der Waals surface area (Å²) in [5.41, 5.74) is 1.82. The van der Waals surface area contributed by atoms with Crippen LogP contribution in [-0.2, 0) is 11.3 Å². The molecule has 8 nitrogen and oxygen atoms in total. The van der Waals surface area contributed by atoms with Crippen molar-refractivity contribution in [1.29, 1.82) is 0 Å². The fourth-order valence-corrected chi connectivity index (χ4v) is 3.02. The Balaban J connectivity index is 1.54. The Morgan fingerprint density at radius 3 is 2.81 bits per heavy atom. The molecule has 0 spiro atoms. The van der Waals surface area contributed by atoms with Crippen molar-refractivity contribution in [1.82, 2.24) is 19.9 Å². The summed E-state index contributed by atoms with van der Waals surface area (Å²) < 4.78 is 5.06. The fourth-order valence-electron chi connectivity index (χ4n) is 3.02. The van der Waals surface area contributed by atoms with Crippen LogP contribution in [0.2, 0.25) is 0 Å². The van der Waals surface area contributed by atoms with E-state index in [0.29, 0.717) is 32.2 Å². The number of carbonyl (C=O) groups excluding carboxylic acids is 1. The zero-order chi connectivity index (χ0) is 19.1. The number of nitrogens with zero attached hydrogens (tertiary/aromatic N) is 4. The van der Waals surface area contributed by atoms with Crippen LogP contribution in [0.1, 0.15) is 31.2 Å². The largest absolute Gasteiger partial charge is 0.450 e. The van der Waals surface area contributed by atoms with E-state index < -0.39 is 0 Å². The van der Waals surface area contributed by atoms with E-state index in [1.807, 2.05) is 38.1 Å². The second kappa shape index (κ2) is 9.16. The third-order valence-corrected chi connectivity index (χ3v) is 4.38. The minimum absolute atomic E-state index is 0.227. The number of piperidine rings is 1. The first kappa shape index (κ1) is 18.9. The minimum atomic E-state index is -0.227. The predicted molar refractivity (Wildman–Crippen MR) is 104 cm³/mol. The van der Waals surface area contributed by atoms with Gasteiger partial charge in [0.05, 0.1) is 18.8 Å². The minimum Gasteiger partial charge on any atom is -0.450 e. The lowest BCUT2D eigenvalue weighted by molar-refractivity contribution is 0.0983. The molecule has 144 valence electrons. The van der Waals surface area contributed by atoms with E-state index in [1.165, 1.54) is 0 Å². The molecule has 8 heteroatoms. The van der Waals surface area contributed by atoms with Crippen LogP contribution < -0.4 is 10.6 Å². The zero-order valence-electron chi connectivity index (χ0n) is 15.8. The summed E-state index contributed by atoms with van der Waals surface area (Å²) in [6, 6.07) is 8.01. The Morgan fingerprint density at radius 2 is 2.11 bits per heavy atom. The summed E-state index contributed by atoms with van der Waals surface area (Å²) in [7, 11) is 0. The van der Waals surface area contributed by atoms with Crippen molar-refractivity contribution in [2.75, 3.05) is 30.3 Å². The molecule has 1 amide bonds. The lowest BCUT2D eigenvalue weighted by atomic mass is 10.1. The molecule has 1 aliphatic heterocycles. The molecule has 2 aromatic heterocycles. The van der Waals surface area contributed by atoms with Crippen LogP contribution in [0, 0.1) is 6.92 Å². The number of hydrogen-bond acceptors (Lipinski definition) is 7. The Morgan fingerprint density at radius 1 is 1.30 bits per heavy atom. The summed E-state index contributed by atoms with van der Waals surface area (Å²) >= 11 is 0. The maximum atomic E-state index is 11.8. The molecule has 0 aromatic carbocycles. The van der Waals surface area contributed by atoms with Gasteiger partial charge in [0.15, 0.2) is 0 Å². The summed E-state index contributed by atoms with van der Waals surface area (Å²) in [5, 5.41) is 6.69. The van der Waals surface area contributed by atoms with Crippen molar-refractivity contribution in [3.63, 3.8) is 0 Å². The standard InChI is InChI=1S/C19H26N6O2/c1-3-27-19(26)25-10-7-15(8-11-25)23-17-12-14(2)22-18(24-17)21-13-16-6-4-5-9-20-16/h4-6,9,12,15H,3,7-8,10-11,13H2,1-2H3,(H2,21,22,23,24). The molecule has 1 aliphatic rings. The van der Waals surface area contributed by atoms with Crippen LogP contribution in [0.15, 0.2) is 30.5 Å². The van der Waals surface area contributed by atoms with Crippen molar-refractivity contribution >= 4 is 17.9 Å². The lowest BCUT2D eigenvalue weighted by Gasteiger charge is -2.31. The maximum absolute atomic E-state index is 11.8. The van der Waals surface area contributed by atoms with Gasteiger partial charge in [0.1, 0.15) is 5.82 Å². The Hall–Kier alpha value is -2.90. The molecule has 0 saturated carbocycles. The molecule has 0 atom stereocenters. The number of amides is 1. The van der Waals surface area contributed by atoms with Gasteiger partial charge in [-0.25, -0.2) is 9.78 Å². The van der Waals surface area contributed by atoms with Crippen LogP contribution in [0.5, 0.6) is 0 Å². The SMILES string of the molecule is CCOC(=O)N1CCC(Nc2cc(C)nc(NCc3ccccn3)n2)CC1. The van der Waals surface area contributed by atoms with Crippen molar-refractivity contribution in [2.24, 2.45) is 0 Å².